The molecule has 1 atom stereocenters. The van der Waals surface area contributed by atoms with Crippen LogP contribution in [-0.2, 0) is 14.3 Å². The number of amides is 2. The highest BCUT2D eigenvalue weighted by Gasteiger charge is 2.27. The van der Waals surface area contributed by atoms with Crippen LogP contribution < -0.4 is 5.32 Å². The van der Waals surface area contributed by atoms with Gasteiger partial charge in [-0.2, -0.15) is 0 Å². The van der Waals surface area contributed by atoms with Gasteiger partial charge in [-0.1, -0.05) is 57.6 Å². The molecule has 23 heavy (non-hydrogen) atoms. The normalized spacial score (nSPS) is 18.0. The van der Waals surface area contributed by atoms with E-state index in [1.54, 1.807) is 0 Å². The van der Waals surface area contributed by atoms with Crippen molar-refractivity contribution in [2.75, 3.05) is 13.2 Å². The second kappa shape index (κ2) is 13.3. The molecule has 1 aliphatic rings. The van der Waals surface area contributed by atoms with Crippen LogP contribution in [0.4, 0.5) is 0 Å². The summed E-state index contributed by atoms with van der Waals surface area (Å²) >= 11 is 0. The first-order valence-electron chi connectivity index (χ1n) is 9.32. The smallest absolute Gasteiger partial charge is 0.233 e. The summed E-state index contributed by atoms with van der Waals surface area (Å²) in [5.74, 6) is -0.531. The molecule has 132 valence electrons. The lowest BCUT2D eigenvalue weighted by Crippen LogP contribution is -2.21. The van der Waals surface area contributed by atoms with Crippen LogP contribution in [0.1, 0.15) is 77.6 Å². The van der Waals surface area contributed by atoms with Crippen molar-refractivity contribution in [1.29, 1.82) is 0 Å². The largest absolute Gasteiger partial charge is 0.381 e. The maximum absolute atomic E-state index is 11.4. The number of ether oxygens (including phenoxy) is 1. The van der Waals surface area contributed by atoms with Crippen molar-refractivity contribution in [3.63, 3.8) is 0 Å². The molecule has 2 amide bonds. The molecule has 1 rings (SSSR count). The Balaban J connectivity index is 1.81. The fourth-order valence-corrected chi connectivity index (χ4v) is 2.76. The molecule has 4 heteroatoms. The van der Waals surface area contributed by atoms with E-state index in [0.29, 0.717) is 6.42 Å². The van der Waals surface area contributed by atoms with Gasteiger partial charge in [0.15, 0.2) is 0 Å². The Kier molecular flexibility index (Phi) is 11.5. The molecule has 1 aliphatic heterocycles. The lowest BCUT2D eigenvalue weighted by Gasteiger charge is -2.03. The van der Waals surface area contributed by atoms with Crippen molar-refractivity contribution >= 4 is 11.8 Å². The van der Waals surface area contributed by atoms with Gasteiger partial charge in [0.05, 0.1) is 5.92 Å². The van der Waals surface area contributed by atoms with Crippen molar-refractivity contribution in [3.8, 4) is 0 Å². The van der Waals surface area contributed by atoms with Crippen LogP contribution in [0.5, 0.6) is 0 Å². The number of unbranched alkanes of at least 4 members (excludes halogenated alkanes) is 8. The van der Waals surface area contributed by atoms with Gasteiger partial charge in [-0.25, -0.2) is 0 Å². The van der Waals surface area contributed by atoms with Gasteiger partial charge in [-0.05, 0) is 25.7 Å². The maximum Gasteiger partial charge on any atom is 0.233 e. The molecule has 0 radical (unpaired) electrons. The fourth-order valence-electron chi connectivity index (χ4n) is 2.76. The molecule has 1 heterocycles. The van der Waals surface area contributed by atoms with Crippen LogP contribution in [0.3, 0.4) is 0 Å². The predicted molar refractivity (Wildman–Crippen MR) is 93.1 cm³/mol. The summed E-state index contributed by atoms with van der Waals surface area (Å²) in [7, 11) is 0. The van der Waals surface area contributed by atoms with Crippen molar-refractivity contribution in [2.45, 2.75) is 77.6 Å². The highest BCUT2D eigenvalue weighted by Crippen LogP contribution is 2.14. The van der Waals surface area contributed by atoms with Crippen LogP contribution in [-0.4, -0.2) is 25.0 Å². The second-order valence-corrected chi connectivity index (χ2v) is 6.38. The van der Waals surface area contributed by atoms with Crippen molar-refractivity contribution in [1.82, 2.24) is 5.32 Å². The minimum atomic E-state index is -0.233. The molecule has 0 spiro atoms. The third kappa shape index (κ3) is 10.3. The Morgan fingerprint density at radius 1 is 1.00 bits per heavy atom. The van der Waals surface area contributed by atoms with E-state index in [1.807, 2.05) is 6.08 Å². The van der Waals surface area contributed by atoms with Gasteiger partial charge in [-0.15, -0.1) is 0 Å². The summed E-state index contributed by atoms with van der Waals surface area (Å²) in [5.41, 5.74) is 0. The molecule has 1 saturated heterocycles. The summed E-state index contributed by atoms with van der Waals surface area (Å²) in [6, 6.07) is 0. The zero-order valence-electron chi connectivity index (χ0n) is 14.6. The van der Waals surface area contributed by atoms with Crippen LogP contribution in [0.25, 0.3) is 0 Å². The Bertz CT molecular complexity index is 366. The standard InChI is InChI=1S/C19H33NO3/c1-2-14-23-15-12-10-8-6-4-3-5-7-9-11-13-17-16-18(21)20-19(17)22/h11,13,17H,2-10,12,14-16H2,1H3,(H,20,21,22). The Morgan fingerprint density at radius 2 is 1.65 bits per heavy atom. The van der Waals surface area contributed by atoms with Gasteiger partial charge in [0.25, 0.3) is 0 Å². The van der Waals surface area contributed by atoms with Gasteiger partial charge >= 0.3 is 0 Å². The van der Waals surface area contributed by atoms with E-state index in [1.165, 1.54) is 51.4 Å². The van der Waals surface area contributed by atoms with Gasteiger partial charge in [0.1, 0.15) is 0 Å². The van der Waals surface area contributed by atoms with E-state index < -0.39 is 0 Å². The first-order chi connectivity index (χ1) is 11.2. The summed E-state index contributed by atoms with van der Waals surface area (Å²) in [5, 5.41) is 2.33. The van der Waals surface area contributed by atoms with Gasteiger partial charge in [0, 0.05) is 19.6 Å². The highest BCUT2D eigenvalue weighted by molar-refractivity contribution is 6.04. The van der Waals surface area contributed by atoms with Crippen molar-refractivity contribution in [2.24, 2.45) is 5.92 Å². The lowest BCUT2D eigenvalue weighted by atomic mass is 10.0. The molecule has 4 nitrogen and oxygen atoms in total. The number of hydrogen-bond acceptors (Lipinski definition) is 3. The topological polar surface area (TPSA) is 55.4 Å². The number of allylic oxidation sites excluding steroid dienone is 1. The molecule has 1 unspecified atom stereocenters. The van der Waals surface area contributed by atoms with E-state index in [2.05, 4.69) is 18.3 Å². The number of nitrogens with one attached hydrogen (secondary N) is 1. The molecule has 1 N–H and O–H groups in total. The first-order valence-corrected chi connectivity index (χ1v) is 9.32. The van der Waals surface area contributed by atoms with Gasteiger partial charge < -0.3 is 4.74 Å². The minimum Gasteiger partial charge on any atom is -0.381 e. The SMILES string of the molecule is CCCOCCCCCCCCCCC=CC1CC(=O)NC1=O. The molecule has 0 aromatic heterocycles. The van der Waals surface area contributed by atoms with Crippen LogP contribution in [0.2, 0.25) is 0 Å². The lowest BCUT2D eigenvalue weighted by molar-refractivity contribution is -0.125. The summed E-state index contributed by atoms with van der Waals surface area (Å²) in [4.78, 5) is 22.4. The van der Waals surface area contributed by atoms with Gasteiger partial charge in [0.2, 0.25) is 11.8 Å². The van der Waals surface area contributed by atoms with Crippen molar-refractivity contribution < 1.29 is 14.3 Å². The molecule has 0 aromatic rings. The second-order valence-electron chi connectivity index (χ2n) is 6.38. The van der Waals surface area contributed by atoms with Crippen LogP contribution in [0, 0.1) is 5.92 Å². The number of rotatable bonds is 14. The van der Waals surface area contributed by atoms with Crippen molar-refractivity contribution in [3.05, 3.63) is 12.2 Å². The third-order valence-electron chi connectivity index (χ3n) is 4.13. The predicted octanol–water partition coefficient (Wildman–Crippen LogP) is 4.14. The van der Waals surface area contributed by atoms with Gasteiger partial charge in [-0.3, -0.25) is 14.9 Å². The summed E-state index contributed by atoms with van der Waals surface area (Å²) < 4.78 is 5.46. The molecule has 0 saturated carbocycles. The minimum absolute atomic E-state index is 0.147. The van der Waals surface area contributed by atoms with E-state index in [4.69, 9.17) is 4.74 Å². The zero-order chi connectivity index (χ0) is 16.8. The molecule has 0 aliphatic carbocycles. The Labute approximate surface area is 141 Å². The van der Waals surface area contributed by atoms with Crippen LogP contribution >= 0.6 is 0 Å². The van der Waals surface area contributed by atoms with E-state index in [9.17, 15) is 9.59 Å². The Hall–Kier alpha value is -1.16. The molecular formula is C19H33NO3. The first kappa shape index (κ1) is 19.9. The molecular weight excluding hydrogens is 290 g/mol. The quantitative estimate of drug-likeness (QED) is 0.297. The summed E-state index contributed by atoms with van der Waals surface area (Å²) in [6.07, 6.45) is 16.5. The molecule has 0 bridgehead atoms. The molecule has 0 aromatic carbocycles. The number of imide groups is 1. The average Bonchev–Trinajstić information content (AvgIpc) is 2.85. The van der Waals surface area contributed by atoms with E-state index in [-0.39, 0.29) is 17.7 Å². The van der Waals surface area contributed by atoms with E-state index >= 15 is 0 Å². The number of hydrogen-bond donors (Lipinski definition) is 1. The summed E-state index contributed by atoms with van der Waals surface area (Å²) in [6.45, 7) is 3.96. The monoisotopic (exact) mass is 323 g/mol. The van der Waals surface area contributed by atoms with E-state index in [0.717, 1.165) is 26.1 Å². The molecule has 1 fully saturated rings. The third-order valence-corrected chi connectivity index (χ3v) is 4.13. The highest BCUT2D eigenvalue weighted by atomic mass is 16.5. The number of carbonyl (C=O) groups excluding carboxylic acids is 2. The Morgan fingerprint density at radius 3 is 2.26 bits per heavy atom. The fraction of sp³-hybridized carbons (Fsp3) is 0.789. The maximum atomic E-state index is 11.4. The number of carbonyl (C=O) groups is 2. The average molecular weight is 323 g/mol. The van der Waals surface area contributed by atoms with Crippen LogP contribution in [0.15, 0.2) is 12.2 Å². The zero-order valence-corrected chi connectivity index (χ0v) is 14.6.